The van der Waals surface area contributed by atoms with Gasteiger partial charge in [-0.25, -0.2) is 4.98 Å². The second kappa shape index (κ2) is 10.6. The zero-order chi connectivity index (χ0) is 23.2. The average Bonchev–Trinajstić information content (AvgIpc) is 3.41. The highest BCUT2D eigenvalue weighted by molar-refractivity contribution is 8.01. The van der Waals surface area contributed by atoms with E-state index in [4.69, 9.17) is 0 Å². The van der Waals surface area contributed by atoms with Crippen molar-refractivity contribution in [1.82, 2.24) is 15.2 Å². The number of thioether (sulfide) groups is 1. The Morgan fingerprint density at radius 3 is 2.52 bits per heavy atom. The first kappa shape index (κ1) is 22.9. The Balaban J connectivity index is 1.30. The van der Waals surface area contributed by atoms with Crippen LogP contribution in [0.4, 0.5) is 22.2 Å². The van der Waals surface area contributed by atoms with Gasteiger partial charge in [-0.1, -0.05) is 41.3 Å². The normalized spacial score (nSPS) is 10.6. The molecule has 4 aromatic rings. The van der Waals surface area contributed by atoms with Crippen molar-refractivity contribution in [3.63, 3.8) is 0 Å². The molecule has 4 rings (SSSR count). The Bertz CT molecular complexity index is 1290. The smallest absolute Gasteiger partial charge is 0.234 e. The van der Waals surface area contributed by atoms with Crippen LogP contribution >= 0.6 is 34.4 Å². The summed E-state index contributed by atoms with van der Waals surface area (Å²) in [4.78, 5) is 28.1. The summed E-state index contributed by atoms with van der Waals surface area (Å²) in [5.41, 5.74) is 4.06. The fourth-order valence-corrected chi connectivity index (χ4v) is 5.09. The quantitative estimate of drug-likeness (QED) is 0.280. The zero-order valence-electron chi connectivity index (χ0n) is 17.8. The van der Waals surface area contributed by atoms with Gasteiger partial charge in [0.15, 0.2) is 4.34 Å². The number of hydrogen-bond donors (Lipinski definition) is 3. The lowest BCUT2D eigenvalue weighted by Crippen LogP contribution is -2.13. The summed E-state index contributed by atoms with van der Waals surface area (Å²) in [6.45, 7) is 3.43. The molecule has 0 saturated carbocycles. The van der Waals surface area contributed by atoms with Crippen molar-refractivity contribution in [3.05, 3.63) is 58.9 Å². The lowest BCUT2D eigenvalue weighted by atomic mass is 10.1. The Kier molecular flexibility index (Phi) is 7.33. The first-order chi connectivity index (χ1) is 15.9. The maximum atomic E-state index is 12.4. The predicted octanol–water partition coefficient (Wildman–Crippen LogP) is 5.40. The maximum Gasteiger partial charge on any atom is 0.234 e. The number of amides is 2. The number of rotatable bonds is 8. The van der Waals surface area contributed by atoms with Crippen LogP contribution in [0.25, 0.3) is 11.3 Å². The minimum absolute atomic E-state index is 0.126. The van der Waals surface area contributed by atoms with Crippen LogP contribution in [0.3, 0.4) is 0 Å². The van der Waals surface area contributed by atoms with E-state index in [-0.39, 0.29) is 17.6 Å². The van der Waals surface area contributed by atoms with E-state index in [0.717, 1.165) is 27.6 Å². The molecule has 0 saturated heterocycles. The Morgan fingerprint density at radius 2 is 1.76 bits per heavy atom. The van der Waals surface area contributed by atoms with Crippen LogP contribution in [-0.2, 0) is 9.59 Å². The van der Waals surface area contributed by atoms with Crippen molar-refractivity contribution < 1.29 is 9.59 Å². The number of carbonyl (C=O) groups is 2. The summed E-state index contributed by atoms with van der Waals surface area (Å²) >= 11 is 4.27. The molecule has 0 atom stereocenters. The van der Waals surface area contributed by atoms with Crippen LogP contribution in [0.1, 0.15) is 11.9 Å². The molecule has 168 valence electrons. The van der Waals surface area contributed by atoms with Crippen molar-refractivity contribution in [1.29, 1.82) is 0 Å². The predicted molar refractivity (Wildman–Crippen MR) is 136 cm³/mol. The van der Waals surface area contributed by atoms with Gasteiger partial charge in [-0.05, 0) is 37.3 Å². The first-order valence-electron chi connectivity index (χ1n) is 9.88. The fraction of sp³-hybridized carbons (Fsp3) is 0.136. The van der Waals surface area contributed by atoms with E-state index in [0.29, 0.717) is 15.2 Å². The molecule has 8 nitrogen and oxygen atoms in total. The second-order valence-electron chi connectivity index (χ2n) is 6.93. The molecule has 3 N–H and O–H groups in total. The molecule has 0 aliphatic rings. The lowest BCUT2D eigenvalue weighted by Gasteiger charge is -2.06. The third-order valence-electron chi connectivity index (χ3n) is 4.23. The summed E-state index contributed by atoms with van der Waals surface area (Å²) in [7, 11) is 0. The number of hydrogen-bond acceptors (Lipinski definition) is 9. The average molecular weight is 497 g/mol. The molecule has 0 spiro atoms. The number of benzene rings is 2. The SMILES string of the molecule is CC(=O)Nc1cccc(Nc2nnc(SCC(=O)Nc3cccc(-c4csc(C)n4)c3)s2)c1. The van der Waals surface area contributed by atoms with Gasteiger partial charge in [0.1, 0.15) is 0 Å². The summed E-state index contributed by atoms with van der Waals surface area (Å²) in [5.74, 6) is -0.0449. The van der Waals surface area contributed by atoms with Crippen LogP contribution < -0.4 is 16.0 Å². The van der Waals surface area contributed by atoms with Gasteiger partial charge < -0.3 is 16.0 Å². The van der Waals surface area contributed by atoms with E-state index in [1.807, 2.05) is 54.8 Å². The van der Waals surface area contributed by atoms with Gasteiger partial charge in [-0.2, -0.15) is 0 Å². The second-order valence-corrected chi connectivity index (χ2v) is 10.2. The lowest BCUT2D eigenvalue weighted by molar-refractivity contribution is -0.114. The van der Waals surface area contributed by atoms with Crippen molar-refractivity contribution in [2.24, 2.45) is 0 Å². The molecule has 11 heteroatoms. The highest BCUT2D eigenvalue weighted by Crippen LogP contribution is 2.29. The van der Waals surface area contributed by atoms with Gasteiger partial charge in [-0.15, -0.1) is 21.5 Å². The van der Waals surface area contributed by atoms with E-state index in [1.165, 1.54) is 30.0 Å². The Labute approximate surface area is 202 Å². The van der Waals surface area contributed by atoms with Crippen LogP contribution in [-0.4, -0.2) is 32.7 Å². The van der Waals surface area contributed by atoms with Crippen LogP contribution in [0.15, 0.2) is 58.3 Å². The molecular weight excluding hydrogens is 476 g/mol. The first-order valence-corrected chi connectivity index (χ1v) is 12.6. The van der Waals surface area contributed by atoms with E-state index >= 15 is 0 Å². The van der Waals surface area contributed by atoms with E-state index in [9.17, 15) is 9.59 Å². The minimum atomic E-state index is -0.134. The van der Waals surface area contributed by atoms with Gasteiger partial charge >= 0.3 is 0 Å². The molecular formula is C22H20N6O2S3. The highest BCUT2D eigenvalue weighted by Gasteiger charge is 2.10. The monoisotopic (exact) mass is 496 g/mol. The molecule has 0 unspecified atom stereocenters. The van der Waals surface area contributed by atoms with Crippen molar-refractivity contribution in [2.45, 2.75) is 18.2 Å². The Morgan fingerprint density at radius 1 is 1.00 bits per heavy atom. The van der Waals surface area contributed by atoms with Crippen molar-refractivity contribution in [3.8, 4) is 11.3 Å². The van der Waals surface area contributed by atoms with E-state index < -0.39 is 0 Å². The standard InChI is InChI=1S/C22H20N6O2S3/c1-13(29)23-17-7-4-8-18(10-17)26-21-27-28-22(33-21)32-12-20(30)25-16-6-3-5-15(9-16)19-11-31-14(2)24-19/h3-11H,12H2,1-2H3,(H,23,29)(H,25,30)(H,26,27). The van der Waals surface area contributed by atoms with Gasteiger partial charge in [0.25, 0.3) is 0 Å². The highest BCUT2D eigenvalue weighted by atomic mass is 32.2. The molecule has 2 heterocycles. The van der Waals surface area contributed by atoms with E-state index in [2.05, 4.69) is 31.1 Å². The zero-order valence-corrected chi connectivity index (χ0v) is 20.2. The topological polar surface area (TPSA) is 109 Å². The molecule has 0 bridgehead atoms. The minimum Gasteiger partial charge on any atom is -0.330 e. The number of thiazole rings is 1. The van der Waals surface area contributed by atoms with Crippen LogP contribution in [0.2, 0.25) is 0 Å². The van der Waals surface area contributed by atoms with E-state index in [1.54, 1.807) is 17.4 Å². The molecule has 0 radical (unpaired) electrons. The summed E-state index contributed by atoms with van der Waals surface area (Å²) < 4.78 is 0.678. The number of aromatic nitrogens is 3. The third kappa shape index (κ3) is 6.60. The summed E-state index contributed by atoms with van der Waals surface area (Å²) in [6, 6.07) is 15.0. The molecule has 2 amide bonds. The summed E-state index contributed by atoms with van der Waals surface area (Å²) in [6.07, 6.45) is 0. The summed E-state index contributed by atoms with van der Waals surface area (Å²) in [5, 5.41) is 20.7. The molecule has 33 heavy (non-hydrogen) atoms. The Hall–Kier alpha value is -3.28. The largest absolute Gasteiger partial charge is 0.330 e. The maximum absolute atomic E-state index is 12.4. The number of aryl methyl sites for hydroxylation is 1. The van der Waals surface area contributed by atoms with Gasteiger partial charge in [0, 0.05) is 34.9 Å². The van der Waals surface area contributed by atoms with Crippen molar-refractivity contribution >= 4 is 68.4 Å². The molecule has 2 aromatic heterocycles. The van der Waals surface area contributed by atoms with Gasteiger partial charge in [0.2, 0.25) is 16.9 Å². The number of carbonyl (C=O) groups excluding carboxylic acids is 2. The molecule has 0 fully saturated rings. The molecule has 0 aliphatic carbocycles. The van der Waals surface area contributed by atoms with Crippen LogP contribution in [0, 0.1) is 6.92 Å². The number of nitrogens with zero attached hydrogens (tertiary/aromatic N) is 3. The third-order valence-corrected chi connectivity index (χ3v) is 6.97. The fourth-order valence-electron chi connectivity index (χ4n) is 2.90. The van der Waals surface area contributed by atoms with Gasteiger partial charge in [0.05, 0.1) is 16.5 Å². The number of anilines is 4. The van der Waals surface area contributed by atoms with Crippen molar-refractivity contribution in [2.75, 3.05) is 21.7 Å². The number of nitrogens with one attached hydrogen (secondary N) is 3. The molecule has 2 aromatic carbocycles. The molecule has 0 aliphatic heterocycles. The van der Waals surface area contributed by atoms with Crippen LogP contribution in [0.5, 0.6) is 0 Å². The van der Waals surface area contributed by atoms with Gasteiger partial charge in [-0.3, -0.25) is 9.59 Å².